The van der Waals surface area contributed by atoms with Crippen molar-refractivity contribution in [1.29, 1.82) is 0 Å². The molecular weight excluding hydrogens is 436 g/mol. The smallest absolute Gasteiger partial charge is 0.242 e. The Balaban J connectivity index is 1.81. The minimum atomic E-state index is -0.436. The van der Waals surface area contributed by atoms with E-state index < -0.39 is 5.54 Å². The van der Waals surface area contributed by atoms with Gasteiger partial charge in [-0.2, -0.15) is 0 Å². The Morgan fingerprint density at radius 2 is 1.88 bits per heavy atom. The van der Waals surface area contributed by atoms with Crippen molar-refractivity contribution in [2.24, 2.45) is 5.92 Å². The number of hydrogen-bond acceptors (Lipinski definition) is 5. The highest BCUT2D eigenvalue weighted by atomic mass is 32.1. The van der Waals surface area contributed by atoms with Crippen LogP contribution in [0.25, 0.3) is 0 Å². The maximum absolute atomic E-state index is 13.6. The predicted molar refractivity (Wildman–Crippen MR) is 132 cm³/mol. The standard InChI is InChI=1S/C26H36N2O4S/c1-18(2)15-24(29)28(26(3,4)5)16-25(30)27-13-11-23-19(12-14-33-23)20(27)17-32-22-10-8-7-9-21(22)31-6/h7-10,12,14,18,20H,11,13,15-17H2,1-6H3. The van der Waals surface area contributed by atoms with E-state index in [0.717, 1.165) is 12.0 Å². The summed E-state index contributed by atoms with van der Waals surface area (Å²) in [4.78, 5) is 31.4. The average molecular weight is 473 g/mol. The Morgan fingerprint density at radius 3 is 2.52 bits per heavy atom. The zero-order valence-electron chi connectivity index (χ0n) is 20.6. The summed E-state index contributed by atoms with van der Waals surface area (Å²) in [6.07, 6.45) is 1.25. The fourth-order valence-corrected chi connectivity index (χ4v) is 5.09. The fourth-order valence-electron chi connectivity index (χ4n) is 4.17. The third-order valence-corrected chi connectivity index (χ3v) is 6.86. The van der Waals surface area contributed by atoms with Crippen LogP contribution in [0.2, 0.25) is 0 Å². The highest BCUT2D eigenvalue weighted by molar-refractivity contribution is 7.10. The quantitative estimate of drug-likeness (QED) is 0.546. The van der Waals surface area contributed by atoms with Crippen molar-refractivity contribution < 1.29 is 19.1 Å². The Morgan fingerprint density at radius 1 is 1.18 bits per heavy atom. The molecule has 0 saturated carbocycles. The van der Waals surface area contributed by atoms with Crippen molar-refractivity contribution in [1.82, 2.24) is 9.80 Å². The number of carbonyl (C=O) groups excluding carboxylic acids is 2. The summed E-state index contributed by atoms with van der Waals surface area (Å²) in [5.41, 5.74) is 0.694. The molecule has 0 bridgehead atoms. The maximum Gasteiger partial charge on any atom is 0.242 e. The first kappa shape index (κ1) is 25.1. The molecule has 1 aliphatic heterocycles. The molecule has 0 saturated heterocycles. The van der Waals surface area contributed by atoms with Crippen LogP contribution in [0.5, 0.6) is 11.5 Å². The number of benzene rings is 1. The second-order valence-corrected chi connectivity index (χ2v) is 10.9. The number of amides is 2. The Hall–Kier alpha value is -2.54. The van der Waals surface area contributed by atoms with E-state index in [0.29, 0.717) is 31.1 Å². The van der Waals surface area contributed by atoms with Gasteiger partial charge >= 0.3 is 0 Å². The lowest BCUT2D eigenvalue weighted by molar-refractivity contribution is -0.147. The number of methoxy groups -OCH3 is 1. The monoisotopic (exact) mass is 472 g/mol. The summed E-state index contributed by atoms with van der Waals surface area (Å²) < 4.78 is 11.6. The minimum absolute atomic E-state index is 0.0147. The third-order valence-electron chi connectivity index (χ3n) is 5.87. The van der Waals surface area contributed by atoms with Gasteiger partial charge in [-0.1, -0.05) is 26.0 Å². The molecule has 0 N–H and O–H groups in total. The normalized spacial score (nSPS) is 15.8. The number of nitrogens with zero attached hydrogens (tertiary/aromatic N) is 2. The molecule has 0 aliphatic carbocycles. The van der Waals surface area contributed by atoms with Crippen LogP contribution in [0.3, 0.4) is 0 Å². The van der Waals surface area contributed by atoms with Crippen LogP contribution >= 0.6 is 11.3 Å². The summed E-state index contributed by atoms with van der Waals surface area (Å²) in [6, 6.07) is 9.40. The van der Waals surface area contributed by atoms with E-state index in [9.17, 15) is 9.59 Å². The highest BCUT2D eigenvalue weighted by Gasteiger charge is 2.36. The van der Waals surface area contributed by atoms with Gasteiger partial charge in [0.25, 0.3) is 0 Å². The van der Waals surface area contributed by atoms with Crippen LogP contribution in [-0.2, 0) is 16.0 Å². The van der Waals surface area contributed by atoms with Crippen LogP contribution in [0, 0.1) is 5.92 Å². The predicted octanol–water partition coefficient (Wildman–Crippen LogP) is 4.93. The summed E-state index contributed by atoms with van der Waals surface area (Å²) in [6.45, 7) is 11.0. The Bertz CT molecular complexity index is 963. The molecule has 1 aromatic carbocycles. The Labute approximate surface area is 201 Å². The number of para-hydroxylation sites is 2. The van der Waals surface area contributed by atoms with Crippen molar-refractivity contribution in [2.75, 3.05) is 26.8 Å². The van der Waals surface area contributed by atoms with E-state index in [4.69, 9.17) is 9.47 Å². The minimum Gasteiger partial charge on any atom is -0.493 e. The summed E-state index contributed by atoms with van der Waals surface area (Å²) in [7, 11) is 1.62. The molecule has 1 unspecified atom stereocenters. The van der Waals surface area contributed by atoms with Crippen molar-refractivity contribution in [3.05, 3.63) is 46.2 Å². The fraction of sp³-hybridized carbons (Fsp3) is 0.538. The first-order chi connectivity index (χ1) is 15.6. The summed E-state index contributed by atoms with van der Waals surface area (Å²) in [5, 5.41) is 2.07. The number of ether oxygens (including phenoxy) is 2. The van der Waals surface area contributed by atoms with E-state index in [-0.39, 0.29) is 30.3 Å². The van der Waals surface area contributed by atoms with E-state index in [1.807, 2.05) is 63.8 Å². The van der Waals surface area contributed by atoms with Crippen molar-refractivity contribution >= 4 is 23.2 Å². The lowest BCUT2D eigenvalue weighted by Gasteiger charge is -2.40. The van der Waals surface area contributed by atoms with Crippen LogP contribution in [0.4, 0.5) is 0 Å². The molecule has 3 rings (SSSR count). The zero-order valence-corrected chi connectivity index (χ0v) is 21.4. The molecule has 2 amide bonds. The van der Waals surface area contributed by atoms with Crippen LogP contribution in [0.15, 0.2) is 35.7 Å². The first-order valence-corrected chi connectivity index (χ1v) is 12.4. The number of hydrogen-bond donors (Lipinski definition) is 0. The molecule has 180 valence electrons. The van der Waals surface area contributed by atoms with E-state index in [1.54, 1.807) is 23.3 Å². The molecule has 6 nitrogen and oxygen atoms in total. The van der Waals surface area contributed by atoms with Gasteiger partial charge in [0.15, 0.2) is 11.5 Å². The van der Waals surface area contributed by atoms with E-state index >= 15 is 0 Å². The molecule has 7 heteroatoms. The third kappa shape index (κ3) is 6.08. The molecule has 33 heavy (non-hydrogen) atoms. The van der Waals surface area contributed by atoms with Gasteiger partial charge in [-0.3, -0.25) is 9.59 Å². The van der Waals surface area contributed by atoms with Crippen molar-refractivity contribution in [3.8, 4) is 11.5 Å². The topological polar surface area (TPSA) is 59.1 Å². The second kappa shape index (κ2) is 10.6. The SMILES string of the molecule is COc1ccccc1OCC1c2ccsc2CCN1C(=O)CN(C(=O)CC(C)C)C(C)(C)C. The van der Waals surface area contributed by atoms with Gasteiger partial charge in [0.05, 0.1) is 13.2 Å². The molecule has 1 atom stereocenters. The van der Waals surface area contributed by atoms with Crippen LogP contribution in [-0.4, -0.2) is 54.0 Å². The van der Waals surface area contributed by atoms with E-state index in [2.05, 4.69) is 11.4 Å². The Kier molecular flexibility index (Phi) is 8.05. The summed E-state index contributed by atoms with van der Waals surface area (Å²) >= 11 is 1.72. The molecule has 0 fully saturated rings. The van der Waals surface area contributed by atoms with Gasteiger partial charge in [-0.05, 0) is 62.3 Å². The second-order valence-electron chi connectivity index (χ2n) is 9.86. The van der Waals surface area contributed by atoms with Crippen molar-refractivity contribution in [2.45, 2.75) is 59.0 Å². The van der Waals surface area contributed by atoms with Crippen LogP contribution in [0.1, 0.15) is 57.5 Å². The lowest BCUT2D eigenvalue weighted by Crippen LogP contribution is -2.53. The van der Waals surface area contributed by atoms with Gasteiger partial charge in [-0.15, -0.1) is 11.3 Å². The average Bonchev–Trinajstić information content (AvgIpc) is 3.23. The lowest BCUT2D eigenvalue weighted by atomic mass is 9.99. The highest BCUT2D eigenvalue weighted by Crippen LogP contribution is 2.35. The van der Waals surface area contributed by atoms with E-state index in [1.165, 1.54) is 4.88 Å². The number of fused-ring (bicyclic) bond motifs is 1. The maximum atomic E-state index is 13.6. The number of thiophene rings is 1. The summed E-state index contributed by atoms with van der Waals surface area (Å²) in [5.74, 6) is 1.52. The molecule has 2 aromatic rings. The van der Waals surface area contributed by atoms with Gasteiger partial charge in [0, 0.05) is 23.4 Å². The molecule has 1 aliphatic rings. The molecular formula is C26H36N2O4S. The van der Waals surface area contributed by atoms with Gasteiger partial charge in [0.2, 0.25) is 11.8 Å². The zero-order chi connectivity index (χ0) is 24.2. The van der Waals surface area contributed by atoms with Crippen LogP contribution < -0.4 is 9.47 Å². The van der Waals surface area contributed by atoms with Gasteiger partial charge in [0.1, 0.15) is 13.2 Å². The molecule has 0 radical (unpaired) electrons. The first-order valence-electron chi connectivity index (χ1n) is 11.5. The molecule has 1 aromatic heterocycles. The number of rotatable bonds is 8. The van der Waals surface area contributed by atoms with Gasteiger partial charge in [-0.25, -0.2) is 0 Å². The number of carbonyl (C=O) groups is 2. The molecule has 2 heterocycles. The van der Waals surface area contributed by atoms with Gasteiger partial charge < -0.3 is 19.3 Å². The largest absolute Gasteiger partial charge is 0.493 e. The van der Waals surface area contributed by atoms with Crippen molar-refractivity contribution in [3.63, 3.8) is 0 Å². The molecule has 0 spiro atoms.